The SMILES string of the molecule is Nc1ccc(Cl)cc1NC(=O)Nc1ccccc1Cl. The largest absolute Gasteiger partial charge is 0.397 e. The minimum Gasteiger partial charge on any atom is -0.397 e. The van der Waals surface area contributed by atoms with Gasteiger partial charge in [-0.05, 0) is 30.3 Å². The summed E-state index contributed by atoms with van der Waals surface area (Å²) in [4.78, 5) is 11.8. The molecule has 6 heteroatoms. The lowest BCUT2D eigenvalue weighted by molar-refractivity contribution is 0.262. The maximum Gasteiger partial charge on any atom is 0.323 e. The number of nitrogens with two attached hydrogens (primary N) is 1. The Morgan fingerprint density at radius 1 is 1.00 bits per heavy atom. The van der Waals surface area contributed by atoms with Crippen LogP contribution in [-0.4, -0.2) is 6.03 Å². The summed E-state index contributed by atoms with van der Waals surface area (Å²) in [5, 5.41) is 6.18. The van der Waals surface area contributed by atoms with Crippen LogP contribution in [0, 0.1) is 0 Å². The molecule has 0 aliphatic carbocycles. The van der Waals surface area contributed by atoms with Crippen molar-refractivity contribution < 1.29 is 4.79 Å². The second-order valence-electron chi connectivity index (χ2n) is 3.79. The summed E-state index contributed by atoms with van der Waals surface area (Å²) >= 11 is 11.8. The molecule has 19 heavy (non-hydrogen) atoms. The second kappa shape index (κ2) is 5.82. The number of hydrogen-bond acceptors (Lipinski definition) is 2. The average molecular weight is 296 g/mol. The van der Waals surface area contributed by atoms with Gasteiger partial charge in [0.05, 0.1) is 22.1 Å². The maximum absolute atomic E-state index is 11.8. The van der Waals surface area contributed by atoms with Crippen molar-refractivity contribution in [2.75, 3.05) is 16.4 Å². The molecule has 2 aromatic carbocycles. The van der Waals surface area contributed by atoms with Gasteiger partial charge in [-0.1, -0.05) is 35.3 Å². The van der Waals surface area contributed by atoms with E-state index < -0.39 is 6.03 Å². The molecule has 4 N–H and O–H groups in total. The molecule has 0 radical (unpaired) electrons. The molecule has 2 rings (SSSR count). The summed E-state index contributed by atoms with van der Waals surface area (Å²) in [6, 6.07) is 11.3. The minimum absolute atomic E-state index is 0.429. The fourth-order valence-corrected chi connectivity index (χ4v) is 1.83. The predicted octanol–water partition coefficient (Wildman–Crippen LogP) is 4.22. The first-order valence-corrected chi connectivity index (χ1v) is 6.19. The van der Waals surface area contributed by atoms with Gasteiger partial charge in [-0.3, -0.25) is 0 Å². The van der Waals surface area contributed by atoms with E-state index in [1.54, 1.807) is 42.5 Å². The molecule has 0 spiro atoms. The van der Waals surface area contributed by atoms with E-state index in [-0.39, 0.29) is 0 Å². The van der Waals surface area contributed by atoms with Crippen LogP contribution in [0.3, 0.4) is 0 Å². The lowest BCUT2D eigenvalue weighted by atomic mass is 10.2. The highest BCUT2D eigenvalue weighted by molar-refractivity contribution is 6.33. The standard InChI is InChI=1S/C13H11Cl2N3O/c14-8-5-6-10(16)12(7-8)18-13(19)17-11-4-2-1-3-9(11)15/h1-7H,16H2,(H2,17,18,19). The van der Waals surface area contributed by atoms with Gasteiger partial charge in [0.15, 0.2) is 0 Å². The van der Waals surface area contributed by atoms with Crippen LogP contribution in [0.2, 0.25) is 10.0 Å². The molecule has 2 aromatic rings. The van der Waals surface area contributed by atoms with Crippen LogP contribution < -0.4 is 16.4 Å². The van der Waals surface area contributed by atoms with Crippen LogP contribution >= 0.6 is 23.2 Å². The van der Waals surface area contributed by atoms with E-state index in [0.29, 0.717) is 27.1 Å². The Hall–Kier alpha value is -1.91. The van der Waals surface area contributed by atoms with Crippen molar-refractivity contribution in [3.63, 3.8) is 0 Å². The number of carbonyl (C=O) groups excluding carboxylic acids is 1. The van der Waals surface area contributed by atoms with Gasteiger partial charge in [0.1, 0.15) is 0 Å². The zero-order valence-corrected chi connectivity index (χ0v) is 11.3. The molecule has 2 amide bonds. The molecule has 98 valence electrons. The Morgan fingerprint density at radius 2 is 1.68 bits per heavy atom. The molecule has 0 atom stereocenters. The van der Waals surface area contributed by atoms with Gasteiger partial charge < -0.3 is 16.4 Å². The normalized spacial score (nSPS) is 10.0. The highest BCUT2D eigenvalue weighted by Gasteiger charge is 2.07. The van der Waals surface area contributed by atoms with Gasteiger partial charge in [-0.25, -0.2) is 4.79 Å². The highest BCUT2D eigenvalue weighted by atomic mass is 35.5. The first-order chi connectivity index (χ1) is 9.06. The molecule has 0 heterocycles. The van der Waals surface area contributed by atoms with E-state index in [0.717, 1.165) is 0 Å². The van der Waals surface area contributed by atoms with Crippen molar-refractivity contribution in [2.45, 2.75) is 0 Å². The van der Waals surface area contributed by atoms with Crippen LogP contribution in [0.5, 0.6) is 0 Å². The van der Waals surface area contributed by atoms with Crippen LogP contribution in [-0.2, 0) is 0 Å². The van der Waals surface area contributed by atoms with Gasteiger partial charge in [0.2, 0.25) is 0 Å². The Bertz CT molecular complexity index is 617. The fourth-order valence-electron chi connectivity index (χ4n) is 1.48. The third-order valence-corrected chi connectivity index (χ3v) is 2.95. The number of carbonyl (C=O) groups is 1. The maximum atomic E-state index is 11.8. The minimum atomic E-state index is -0.443. The first kappa shape index (κ1) is 13.5. The van der Waals surface area contributed by atoms with Gasteiger partial charge in [0, 0.05) is 5.02 Å². The van der Waals surface area contributed by atoms with Crippen molar-refractivity contribution in [1.82, 2.24) is 0 Å². The smallest absolute Gasteiger partial charge is 0.323 e. The summed E-state index contributed by atoms with van der Waals surface area (Å²) in [5.41, 5.74) is 7.12. The van der Waals surface area contributed by atoms with Crippen LogP contribution in [0.4, 0.5) is 21.9 Å². The Balaban J connectivity index is 2.10. The molecule has 0 bridgehead atoms. The number of halogens is 2. The number of nitrogen functional groups attached to an aromatic ring is 1. The number of para-hydroxylation sites is 1. The van der Waals surface area contributed by atoms with Crippen LogP contribution in [0.25, 0.3) is 0 Å². The number of hydrogen-bond donors (Lipinski definition) is 3. The number of anilines is 3. The summed E-state index contributed by atoms with van der Waals surface area (Å²) < 4.78 is 0. The highest BCUT2D eigenvalue weighted by Crippen LogP contribution is 2.24. The Labute approximate surface area is 120 Å². The van der Waals surface area contributed by atoms with Gasteiger partial charge in [-0.2, -0.15) is 0 Å². The van der Waals surface area contributed by atoms with Crippen molar-refractivity contribution in [3.8, 4) is 0 Å². The number of amides is 2. The third-order valence-electron chi connectivity index (χ3n) is 2.39. The molecular weight excluding hydrogens is 285 g/mol. The molecule has 0 unspecified atom stereocenters. The molecule has 0 fully saturated rings. The third kappa shape index (κ3) is 3.53. The summed E-state index contributed by atoms with van der Waals surface area (Å²) in [6.45, 7) is 0. The molecule has 0 aromatic heterocycles. The van der Waals surface area contributed by atoms with Crippen LogP contribution in [0.1, 0.15) is 0 Å². The second-order valence-corrected chi connectivity index (χ2v) is 4.63. The van der Waals surface area contributed by atoms with E-state index in [9.17, 15) is 4.79 Å². The topological polar surface area (TPSA) is 67.1 Å². The molecular formula is C13H11Cl2N3O. The van der Waals surface area contributed by atoms with Gasteiger partial charge in [0.25, 0.3) is 0 Å². The number of urea groups is 1. The zero-order valence-electron chi connectivity index (χ0n) is 9.78. The van der Waals surface area contributed by atoms with E-state index in [4.69, 9.17) is 28.9 Å². The molecule has 4 nitrogen and oxygen atoms in total. The number of rotatable bonds is 2. The quantitative estimate of drug-likeness (QED) is 0.726. The van der Waals surface area contributed by atoms with Crippen molar-refractivity contribution in [3.05, 3.63) is 52.5 Å². The van der Waals surface area contributed by atoms with Crippen molar-refractivity contribution >= 4 is 46.3 Å². The van der Waals surface area contributed by atoms with E-state index in [1.165, 1.54) is 0 Å². The summed E-state index contributed by atoms with van der Waals surface area (Å²) in [7, 11) is 0. The predicted molar refractivity (Wildman–Crippen MR) is 80.0 cm³/mol. The van der Waals surface area contributed by atoms with Crippen molar-refractivity contribution in [2.24, 2.45) is 0 Å². The number of nitrogens with one attached hydrogen (secondary N) is 2. The fraction of sp³-hybridized carbons (Fsp3) is 0. The molecule has 0 saturated carbocycles. The monoisotopic (exact) mass is 295 g/mol. The summed E-state index contributed by atoms with van der Waals surface area (Å²) in [5.74, 6) is 0. The molecule has 0 aliphatic heterocycles. The lowest BCUT2D eigenvalue weighted by Crippen LogP contribution is -2.20. The van der Waals surface area contributed by atoms with Crippen LogP contribution in [0.15, 0.2) is 42.5 Å². The molecule has 0 saturated heterocycles. The molecule has 0 aliphatic rings. The van der Waals surface area contributed by atoms with Gasteiger partial charge in [-0.15, -0.1) is 0 Å². The van der Waals surface area contributed by atoms with Gasteiger partial charge >= 0.3 is 6.03 Å². The Morgan fingerprint density at radius 3 is 2.42 bits per heavy atom. The average Bonchev–Trinajstić information content (AvgIpc) is 2.37. The lowest BCUT2D eigenvalue weighted by Gasteiger charge is -2.10. The summed E-state index contributed by atoms with van der Waals surface area (Å²) in [6.07, 6.45) is 0. The van der Waals surface area contributed by atoms with E-state index >= 15 is 0 Å². The van der Waals surface area contributed by atoms with E-state index in [2.05, 4.69) is 10.6 Å². The zero-order chi connectivity index (χ0) is 13.8. The van der Waals surface area contributed by atoms with Crippen molar-refractivity contribution in [1.29, 1.82) is 0 Å². The first-order valence-electron chi connectivity index (χ1n) is 5.44. The number of benzene rings is 2. The Kier molecular flexibility index (Phi) is 4.14. The van der Waals surface area contributed by atoms with E-state index in [1.807, 2.05) is 0 Å².